The van der Waals surface area contributed by atoms with E-state index in [2.05, 4.69) is 84.9 Å². The Morgan fingerprint density at radius 3 is 1.67 bits per heavy atom. The van der Waals surface area contributed by atoms with Gasteiger partial charge in [-0.15, -0.1) is 11.3 Å². The van der Waals surface area contributed by atoms with Gasteiger partial charge in [0.2, 0.25) is 0 Å². The summed E-state index contributed by atoms with van der Waals surface area (Å²) in [6.45, 7) is 0. The number of hydrogen-bond acceptors (Lipinski definition) is 5. The maximum absolute atomic E-state index is 6.55. The van der Waals surface area contributed by atoms with Crippen LogP contribution in [-0.2, 0) is 0 Å². The summed E-state index contributed by atoms with van der Waals surface area (Å²) < 4.78 is 8.93. The first-order chi connectivity index (χ1) is 23.8. The van der Waals surface area contributed by atoms with Gasteiger partial charge in [-0.1, -0.05) is 133 Å². The highest BCUT2D eigenvalue weighted by molar-refractivity contribution is 7.26. The normalized spacial score (nSPS) is 11.8. The predicted octanol–water partition coefficient (Wildman–Crippen LogP) is 12.0. The van der Waals surface area contributed by atoms with Crippen LogP contribution in [0.25, 0.3) is 98.2 Å². The number of furan rings is 1. The van der Waals surface area contributed by atoms with Gasteiger partial charge >= 0.3 is 0 Å². The van der Waals surface area contributed by atoms with Crippen LogP contribution in [0.2, 0.25) is 0 Å². The minimum absolute atomic E-state index is 0.656. The lowest BCUT2D eigenvalue weighted by atomic mass is 9.94. The zero-order chi connectivity index (χ0) is 31.6. The molecule has 0 aliphatic carbocycles. The van der Waals surface area contributed by atoms with Crippen LogP contribution in [0.5, 0.6) is 0 Å². The molecule has 48 heavy (non-hydrogen) atoms. The van der Waals surface area contributed by atoms with Crippen molar-refractivity contribution in [2.45, 2.75) is 0 Å². The van der Waals surface area contributed by atoms with E-state index in [0.717, 1.165) is 54.1 Å². The summed E-state index contributed by atoms with van der Waals surface area (Å²) in [4.78, 5) is 15.1. The van der Waals surface area contributed by atoms with Gasteiger partial charge in [-0.3, -0.25) is 0 Å². The fraction of sp³-hybridized carbons (Fsp3) is 0. The third-order valence-corrected chi connectivity index (χ3v) is 10.4. The molecule has 0 spiro atoms. The summed E-state index contributed by atoms with van der Waals surface area (Å²) in [7, 11) is 0. The summed E-state index contributed by atoms with van der Waals surface area (Å²) in [5.74, 6) is 1.97. The van der Waals surface area contributed by atoms with Crippen molar-refractivity contribution in [2.24, 2.45) is 0 Å². The first-order valence-corrected chi connectivity index (χ1v) is 16.8. The van der Waals surface area contributed by atoms with Crippen LogP contribution in [0.1, 0.15) is 0 Å². The molecule has 5 heteroatoms. The number of rotatable bonds is 4. The quantitative estimate of drug-likeness (QED) is 0.194. The van der Waals surface area contributed by atoms with Crippen molar-refractivity contribution < 1.29 is 4.42 Å². The van der Waals surface area contributed by atoms with E-state index in [-0.39, 0.29) is 0 Å². The Bertz CT molecular complexity index is 2780. The molecule has 7 aromatic carbocycles. The van der Waals surface area contributed by atoms with E-state index >= 15 is 0 Å². The molecular weight excluding hydrogens is 607 g/mol. The average Bonchev–Trinajstić information content (AvgIpc) is 3.75. The van der Waals surface area contributed by atoms with Crippen LogP contribution >= 0.6 is 11.3 Å². The van der Waals surface area contributed by atoms with Crippen molar-refractivity contribution in [3.63, 3.8) is 0 Å². The van der Waals surface area contributed by atoms with Gasteiger partial charge in [0, 0.05) is 58.6 Å². The molecule has 224 valence electrons. The van der Waals surface area contributed by atoms with Crippen LogP contribution in [-0.4, -0.2) is 15.0 Å². The van der Waals surface area contributed by atoms with Crippen molar-refractivity contribution in [2.75, 3.05) is 0 Å². The van der Waals surface area contributed by atoms with Crippen LogP contribution < -0.4 is 0 Å². The van der Waals surface area contributed by atoms with Gasteiger partial charge in [-0.05, 0) is 29.1 Å². The lowest BCUT2D eigenvalue weighted by Gasteiger charge is -2.09. The molecule has 0 aliphatic rings. The van der Waals surface area contributed by atoms with Gasteiger partial charge in [0.05, 0.1) is 0 Å². The van der Waals surface area contributed by atoms with Crippen molar-refractivity contribution >= 4 is 64.2 Å². The predicted molar refractivity (Wildman–Crippen MR) is 199 cm³/mol. The smallest absolute Gasteiger partial charge is 0.165 e. The average molecular weight is 632 g/mol. The Labute approximate surface area is 279 Å². The van der Waals surface area contributed by atoms with Crippen LogP contribution in [0.3, 0.4) is 0 Å². The van der Waals surface area contributed by atoms with Gasteiger partial charge in [-0.2, -0.15) is 0 Å². The number of thiophene rings is 1. The molecule has 3 aromatic heterocycles. The van der Waals surface area contributed by atoms with E-state index in [9.17, 15) is 0 Å². The molecule has 0 amide bonds. The van der Waals surface area contributed by atoms with E-state index in [1.54, 1.807) is 11.3 Å². The SMILES string of the molecule is c1ccc(-c2nc(-c3ccccc3)nc(-c3cccc4c3sc3c(-c5cc6ccccc6c6oc7ccccc7c56)cccc34)n2)cc1. The Kier molecular flexibility index (Phi) is 6.01. The number of benzene rings is 7. The molecule has 0 radical (unpaired) electrons. The maximum Gasteiger partial charge on any atom is 0.165 e. The molecule has 0 atom stereocenters. The molecule has 0 N–H and O–H groups in total. The van der Waals surface area contributed by atoms with Crippen LogP contribution in [0.15, 0.2) is 156 Å². The minimum Gasteiger partial charge on any atom is -0.455 e. The second-order valence-corrected chi connectivity index (χ2v) is 13.0. The van der Waals surface area contributed by atoms with E-state index in [1.165, 1.54) is 26.6 Å². The summed E-state index contributed by atoms with van der Waals surface area (Å²) in [5, 5.41) is 6.95. The minimum atomic E-state index is 0.656. The van der Waals surface area contributed by atoms with Gasteiger partial charge in [0.1, 0.15) is 11.2 Å². The van der Waals surface area contributed by atoms with Crippen molar-refractivity contribution in [3.05, 3.63) is 152 Å². The van der Waals surface area contributed by atoms with Gasteiger partial charge in [-0.25, -0.2) is 15.0 Å². The lowest BCUT2D eigenvalue weighted by molar-refractivity contribution is 0.673. The van der Waals surface area contributed by atoms with E-state index in [4.69, 9.17) is 19.4 Å². The molecule has 0 saturated carbocycles. The Morgan fingerprint density at radius 1 is 0.417 bits per heavy atom. The molecule has 0 bridgehead atoms. The first-order valence-electron chi connectivity index (χ1n) is 15.9. The van der Waals surface area contributed by atoms with Crippen LogP contribution in [0, 0.1) is 0 Å². The van der Waals surface area contributed by atoms with Crippen LogP contribution in [0.4, 0.5) is 0 Å². The number of fused-ring (bicyclic) bond motifs is 8. The van der Waals surface area contributed by atoms with Gasteiger partial charge in [0.25, 0.3) is 0 Å². The highest BCUT2D eigenvalue weighted by Crippen LogP contribution is 2.47. The summed E-state index contributed by atoms with van der Waals surface area (Å²) >= 11 is 1.80. The van der Waals surface area contributed by atoms with Gasteiger partial charge < -0.3 is 4.42 Å². The largest absolute Gasteiger partial charge is 0.455 e. The van der Waals surface area contributed by atoms with Gasteiger partial charge in [0.15, 0.2) is 17.5 Å². The molecule has 10 aromatic rings. The highest BCUT2D eigenvalue weighted by atomic mass is 32.1. The zero-order valence-corrected chi connectivity index (χ0v) is 26.4. The van der Waals surface area contributed by atoms with E-state index < -0.39 is 0 Å². The summed E-state index contributed by atoms with van der Waals surface area (Å²) in [6.07, 6.45) is 0. The Hall–Kier alpha value is -6.17. The molecule has 0 fully saturated rings. The molecule has 4 nitrogen and oxygen atoms in total. The number of nitrogens with zero attached hydrogens (tertiary/aromatic N) is 3. The Balaban J connectivity index is 1.25. The maximum atomic E-state index is 6.55. The zero-order valence-electron chi connectivity index (χ0n) is 25.6. The molecule has 3 heterocycles. The van der Waals surface area contributed by atoms with Crippen molar-refractivity contribution in [3.8, 4) is 45.3 Å². The van der Waals surface area contributed by atoms with Crippen molar-refractivity contribution in [1.29, 1.82) is 0 Å². The molecule has 10 rings (SSSR count). The second kappa shape index (κ2) is 10.7. The lowest BCUT2D eigenvalue weighted by Crippen LogP contribution is -2.00. The monoisotopic (exact) mass is 631 g/mol. The third-order valence-electron chi connectivity index (χ3n) is 9.12. The molecule has 0 aliphatic heterocycles. The van der Waals surface area contributed by atoms with E-state index in [1.807, 2.05) is 66.7 Å². The summed E-state index contributed by atoms with van der Waals surface area (Å²) in [5.41, 5.74) is 7.09. The standard InChI is InChI=1S/C43H25N3OS/c1-3-13-26(14-4-1)41-44-42(27-15-5-2-6-16-27)46-43(45-41)34-23-12-21-31-30-20-11-22-32(39(30)48-40(31)34)35-25-28-17-7-8-18-29(28)38-37(35)33-19-9-10-24-36(33)47-38/h1-25H. The van der Waals surface area contributed by atoms with Crippen molar-refractivity contribution in [1.82, 2.24) is 15.0 Å². The number of aromatic nitrogens is 3. The molecular formula is C43H25N3OS. The topological polar surface area (TPSA) is 51.8 Å². The third kappa shape index (κ3) is 4.18. The van der Waals surface area contributed by atoms with E-state index in [0.29, 0.717) is 17.5 Å². The number of para-hydroxylation sites is 1. The second-order valence-electron chi connectivity index (χ2n) is 12.0. The highest BCUT2D eigenvalue weighted by Gasteiger charge is 2.21. The fourth-order valence-corrected chi connectivity index (χ4v) is 8.25. The fourth-order valence-electron chi connectivity index (χ4n) is 6.91. The summed E-state index contributed by atoms with van der Waals surface area (Å²) in [6, 6.07) is 52.5. The molecule has 0 unspecified atom stereocenters. The first kappa shape index (κ1) is 27.0. The Morgan fingerprint density at radius 2 is 0.958 bits per heavy atom. The number of hydrogen-bond donors (Lipinski definition) is 0. The molecule has 0 saturated heterocycles.